The smallest absolute Gasteiger partial charge is 0.199 e. The molecule has 3 heterocycles. The van der Waals surface area contributed by atoms with Gasteiger partial charge in [-0.3, -0.25) is 4.90 Å². The molecule has 4 aromatic rings. The molecule has 7 heteroatoms. The standard InChI is InChI=1S/C22H23N3O3S/c1-2-29(26,27)17-7-8-21-20(11-17)24-22(28-21)15-9-10-25(13-15)14-16-12-23-19-6-4-3-5-18(16)19/h3-8,11-12,15,23H,2,9-10,13-14H2,1H3/t15-/m0/s1. The second-order valence-corrected chi connectivity index (χ2v) is 9.94. The quantitative estimate of drug-likeness (QED) is 0.537. The molecule has 0 spiro atoms. The summed E-state index contributed by atoms with van der Waals surface area (Å²) in [5, 5.41) is 1.27. The van der Waals surface area contributed by atoms with Gasteiger partial charge in [-0.1, -0.05) is 25.1 Å². The Hall–Kier alpha value is -2.64. The van der Waals surface area contributed by atoms with Crippen molar-refractivity contribution in [3.8, 4) is 0 Å². The number of nitrogens with one attached hydrogen (secondary N) is 1. The molecule has 0 saturated carbocycles. The highest BCUT2D eigenvalue weighted by Crippen LogP contribution is 2.31. The molecule has 1 aliphatic rings. The molecular weight excluding hydrogens is 386 g/mol. The Morgan fingerprint density at radius 3 is 2.97 bits per heavy atom. The van der Waals surface area contributed by atoms with Crippen LogP contribution in [0, 0.1) is 0 Å². The number of likely N-dealkylation sites (tertiary alicyclic amines) is 1. The minimum absolute atomic E-state index is 0.0780. The minimum atomic E-state index is -3.25. The summed E-state index contributed by atoms with van der Waals surface area (Å²) in [6.07, 6.45) is 3.07. The van der Waals surface area contributed by atoms with Crippen LogP contribution in [0.4, 0.5) is 0 Å². The molecule has 0 bridgehead atoms. The lowest BCUT2D eigenvalue weighted by Gasteiger charge is -2.14. The Labute approximate surface area is 169 Å². The lowest BCUT2D eigenvalue weighted by atomic mass is 10.1. The number of aromatic amines is 1. The zero-order chi connectivity index (χ0) is 20.0. The number of hydrogen-bond acceptors (Lipinski definition) is 5. The van der Waals surface area contributed by atoms with E-state index in [0.29, 0.717) is 21.9 Å². The average molecular weight is 410 g/mol. The molecule has 1 fully saturated rings. The Morgan fingerprint density at radius 2 is 2.10 bits per heavy atom. The summed E-state index contributed by atoms with van der Waals surface area (Å²) in [6.45, 7) is 4.40. The SMILES string of the molecule is CCS(=O)(=O)c1ccc2oc([C@H]3CCN(Cc4c[nH]c5ccccc45)C3)nc2c1. The van der Waals surface area contributed by atoms with E-state index in [1.54, 1.807) is 25.1 Å². The number of oxazole rings is 1. The predicted molar refractivity (Wildman–Crippen MR) is 113 cm³/mol. The third-order valence-corrected chi connectivity index (χ3v) is 7.54. The Bertz CT molecular complexity index is 1290. The lowest BCUT2D eigenvalue weighted by molar-refractivity contribution is 0.322. The zero-order valence-corrected chi connectivity index (χ0v) is 17.1. The number of sulfone groups is 1. The van der Waals surface area contributed by atoms with Gasteiger partial charge in [0.2, 0.25) is 0 Å². The molecule has 0 aliphatic carbocycles. The molecule has 1 aliphatic heterocycles. The lowest BCUT2D eigenvalue weighted by Crippen LogP contribution is -2.19. The van der Waals surface area contributed by atoms with Gasteiger partial charge in [-0.15, -0.1) is 0 Å². The first-order chi connectivity index (χ1) is 14.0. The number of rotatable bonds is 5. The van der Waals surface area contributed by atoms with Crippen molar-refractivity contribution in [2.45, 2.75) is 30.7 Å². The molecular formula is C22H23N3O3S. The molecule has 2 aromatic carbocycles. The molecule has 1 N–H and O–H groups in total. The summed E-state index contributed by atoms with van der Waals surface area (Å²) < 4.78 is 30.2. The van der Waals surface area contributed by atoms with Crippen molar-refractivity contribution in [3.63, 3.8) is 0 Å². The molecule has 6 nitrogen and oxygen atoms in total. The fourth-order valence-corrected chi connectivity index (χ4v) is 5.04. The topological polar surface area (TPSA) is 79.2 Å². The Balaban J connectivity index is 1.35. The maximum atomic E-state index is 12.1. The fourth-order valence-electron chi connectivity index (χ4n) is 4.14. The van der Waals surface area contributed by atoms with E-state index in [1.807, 2.05) is 6.07 Å². The van der Waals surface area contributed by atoms with Crippen molar-refractivity contribution in [2.75, 3.05) is 18.8 Å². The number of benzene rings is 2. The van der Waals surface area contributed by atoms with Crippen molar-refractivity contribution in [1.29, 1.82) is 0 Å². The second kappa shape index (κ2) is 7.00. The summed E-state index contributed by atoms with van der Waals surface area (Å²) in [7, 11) is -3.25. The number of fused-ring (bicyclic) bond motifs is 2. The third-order valence-electron chi connectivity index (χ3n) is 5.81. The fraction of sp³-hybridized carbons (Fsp3) is 0.318. The average Bonchev–Trinajstić information content (AvgIpc) is 3.46. The van der Waals surface area contributed by atoms with E-state index in [9.17, 15) is 8.42 Å². The van der Waals surface area contributed by atoms with Crippen LogP contribution in [-0.2, 0) is 16.4 Å². The molecule has 1 saturated heterocycles. The van der Waals surface area contributed by atoms with Crippen molar-refractivity contribution in [2.24, 2.45) is 0 Å². The van der Waals surface area contributed by atoms with Crippen LogP contribution in [0.1, 0.15) is 30.7 Å². The summed E-state index contributed by atoms with van der Waals surface area (Å²) in [5.74, 6) is 1.00. The zero-order valence-electron chi connectivity index (χ0n) is 16.3. The summed E-state index contributed by atoms with van der Waals surface area (Å²) >= 11 is 0. The molecule has 0 radical (unpaired) electrons. The first-order valence-electron chi connectivity index (χ1n) is 9.94. The first kappa shape index (κ1) is 18.4. The van der Waals surface area contributed by atoms with Crippen LogP contribution in [0.5, 0.6) is 0 Å². The molecule has 0 amide bonds. The predicted octanol–water partition coefficient (Wildman–Crippen LogP) is 4.09. The highest BCUT2D eigenvalue weighted by atomic mass is 32.2. The van der Waals surface area contributed by atoms with Crippen LogP contribution in [-0.4, -0.2) is 42.1 Å². The normalized spacial score (nSPS) is 18.2. The minimum Gasteiger partial charge on any atom is -0.440 e. The van der Waals surface area contributed by atoms with Crippen molar-refractivity contribution < 1.29 is 12.8 Å². The summed E-state index contributed by atoms with van der Waals surface area (Å²) in [4.78, 5) is 10.7. The van der Waals surface area contributed by atoms with Crippen LogP contribution in [0.15, 0.2) is 58.0 Å². The molecule has 5 rings (SSSR count). The number of H-pyrrole nitrogens is 1. The van der Waals surface area contributed by atoms with Crippen molar-refractivity contribution in [1.82, 2.24) is 14.9 Å². The van der Waals surface area contributed by atoms with Gasteiger partial charge in [0, 0.05) is 36.1 Å². The monoisotopic (exact) mass is 409 g/mol. The van der Waals surface area contributed by atoms with Gasteiger partial charge in [0.25, 0.3) is 0 Å². The van der Waals surface area contributed by atoms with Gasteiger partial charge < -0.3 is 9.40 Å². The van der Waals surface area contributed by atoms with E-state index in [-0.39, 0.29) is 11.7 Å². The molecule has 2 aromatic heterocycles. The van der Waals surface area contributed by atoms with Gasteiger partial charge in [-0.25, -0.2) is 13.4 Å². The largest absolute Gasteiger partial charge is 0.440 e. The molecule has 150 valence electrons. The van der Waals surface area contributed by atoms with Gasteiger partial charge in [-0.2, -0.15) is 0 Å². The van der Waals surface area contributed by atoms with Gasteiger partial charge in [0.05, 0.1) is 10.6 Å². The van der Waals surface area contributed by atoms with Crippen molar-refractivity contribution in [3.05, 3.63) is 60.1 Å². The van der Waals surface area contributed by atoms with Crippen LogP contribution >= 0.6 is 0 Å². The number of nitrogens with zero attached hydrogens (tertiary/aromatic N) is 2. The number of hydrogen-bond donors (Lipinski definition) is 1. The second-order valence-electron chi connectivity index (χ2n) is 7.67. The molecule has 1 atom stereocenters. The molecule has 0 unspecified atom stereocenters. The van der Waals surface area contributed by atoms with E-state index in [4.69, 9.17) is 4.42 Å². The van der Waals surface area contributed by atoms with Gasteiger partial charge in [0.15, 0.2) is 21.3 Å². The Morgan fingerprint density at radius 1 is 1.24 bits per heavy atom. The third kappa shape index (κ3) is 3.34. The van der Waals surface area contributed by atoms with Gasteiger partial charge in [-0.05, 0) is 42.8 Å². The van der Waals surface area contributed by atoms with Crippen LogP contribution in [0.3, 0.4) is 0 Å². The van der Waals surface area contributed by atoms with E-state index in [0.717, 1.165) is 31.6 Å². The van der Waals surface area contributed by atoms with Crippen LogP contribution < -0.4 is 0 Å². The highest BCUT2D eigenvalue weighted by Gasteiger charge is 2.28. The number of aromatic nitrogens is 2. The summed E-state index contributed by atoms with van der Waals surface area (Å²) in [5.41, 5.74) is 3.72. The van der Waals surface area contributed by atoms with Crippen LogP contribution in [0.25, 0.3) is 22.0 Å². The van der Waals surface area contributed by atoms with Crippen molar-refractivity contribution >= 4 is 31.8 Å². The van der Waals surface area contributed by atoms with Gasteiger partial charge in [0.1, 0.15) is 5.52 Å². The summed E-state index contributed by atoms with van der Waals surface area (Å²) in [6, 6.07) is 13.3. The highest BCUT2D eigenvalue weighted by molar-refractivity contribution is 7.91. The van der Waals surface area contributed by atoms with Crippen LogP contribution in [0.2, 0.25) is 0 Å². The van der Waals surface area contributed by atoms with E-state index >= 15 is 0 Å². The van der Waals surface area contributed by atoms with E-state index in [1.165, 1.54) is 10.9 Å². The maximum Gasteiger partial charge on any atom is 0.199 e. The molecule has 29 heavy (non-hydrogen) atoms. The maximum absolute atomic E-state index is 12.1. The van der Waals surface area contributed by atoms with Gasteiger partial charge >= 0.3 is 0 Å². The Kier molecular flexibility index (Phi) is 4.44. The first-order valence-corrected chi connectivity index (χ1v) is 11.6. The van der Waals surface area contributed by atoms with E-state index < -0.39 is 9.84 Å². The van der Waals surface area contributed by atoms with E-state index in [2.05, 4.69) is 39.3 Å². The number of para-hydroxylation sites is 1.